The van der Waals surface area contributed by atoms with E-state index < -0.39 is 5.82 Å². The van der Waals surface area contributed by atoms with Gasteiger partial charge in [-0.3, -0.25) is 0 Å². The number of benzene rings is 1. The van der Waals surface area contributed by atoms with Crippen LogP contribution < -0.4 is 5.32 Å². The number of rotatable bonds is 3. The molecule has 100 valence electrons. The molecule has 0 aliphatic rings. The van der Waals surface area contributed by atoms with Gasteiger partial charge >= 0.3 is 0 Å². The van der Waals surface area contributed by atoms with E-state index in [9.17, 15) is 4.39 Å². The molecule has 1 aromatic carbocycles. The first-order valence-electron chi connectivity index (χ1n) is 5.58. The molecule has 0 saturated heterocycles. The zero-order valence-electron chi connectivity index (χ0n) is 9.98. The third kappa shape index (κ3) is 3.11. The number of aromatic nitrogens is 1. The quantitative estimate of drug-likeness (QED) is 0.832. The van der Waals surface area contributed by atoms with Gasteiger partial charge in [0.2, 0.25) is 0 Å². The average Bonchev–Trinajstić information content (AvgIpc) is 2.34. The molecule has 2 rings (SSSR count). The van der Waals surface area contributed by atoms with Crippen LogP contribution in [0.1, 0.15) is 6.92 Å². The molecule has 1 heterocycles. The Morgan fingerprint density at radius 1 is 1.11 bits per heavy atom. The summed E-state index contributed by atoms with van der Waals surface area (Å²) in [5.74, 6) is 0.106. The summed E-state index contributed by atoms with van der Waals surface area (Å²) in [6.45, 7) is 2.60. The minimum atomic E-state index is -0.411. The first-order valence-corrected chi connectivity index (χ1v) is 6.71. The van der Waals surface area contributed by atoms with Crippen molar-refractivity contribution in [1.82, 2.24) is 4.98 Å². The van der Waals surface area contributed by atoms with Gasteiger partial charge in [0, 0.05) is 12.1 Å². The van der Waals surface area contributed by atoms with E-state index in [0.29, 0.717) is 33.7 Å². The number of nitrogens with zero attached hydrogens (tertiary/aromatic N) is 1. The zero-order valence-corrected chi connectivity index (χ0v) is 12.2. The maximum atomic E-state index is 13.1. The summed E-state index contributed by atoms with van der Waals surface area (Å²) in [6, 6.07) is 5.65. The van der Waals surface area contributed by atoms with E-state index in [4.69, 9.17) is 34.8 Å². The fourth-order valence-electron chi connectivity index (χ4n) is 1.63. The Bertz CT molecular complexity index is 617. The number of anilines is 1. The molecule has 0 bridgehead atoms. The number of halogens is 4. The van der Waals surface area contributed by atoms with Crippen LogP contribution in [0.3, 0.4) is 0 Å². The molecular weight excluding hydrogens is 310 g/mol. The van der Waals surface area contributed by atoms with Crippen molar-refractivity contribution in [2.24, 2.45) is 0 Å². The Morgan fingerprint density at radius 2 is 1.84 bits per heavy atom. The summed E-state index contributed by atoms with van der Waals surface area (Å²) >= 11 is 18.2. The van der Waals surface area contributed by atoms with Crippen LogP contribution in [0.25, 0.3) is 11.3 Å². The molecule has 1 N–H and O–H groups in total. The van der Waals surface area contributed by atoms with Crippen LogP contribution in [0, 0.1) is 5.82 Å². The highest BCUT2D eigenvalue weighted by Crippen LogP contribution is 2.35. The van der Waals surface area contributed by atoms with E-state index in [0.717, 1.165) is 0 Å². The van der Waals surface area contributed by atoms with E-state index in [2.05, 4.69) is 10.3 Å². The Balaban J connectivity index is 2.58. The molecule has 2 aromatic rings. The van der Waals surface area contributed by atoms with E-state index in [1.54, 1.807) is 6.07 Å². The number of hydrogen-bond acceptors (Lipinski definition) is 2. The van der Waals surface area contributed by atoms with Crippen molar-refractivity contribution in [2.45, 2.75) is 6.92 Å². The van der Waals surface area contributed by atoms with Gasteiger partial charge in [0.15, 0.2) is 0 Å². The molecule has 0 unspecified atom stereocenters. The minimum Gasteiger partial charge on any atom is -0.369 e. The van der Waals surface area contributed by atoms with Gasteiger partial charge in [-0.15, -0.1) is 0 Å². The summed E-state index contributed by atoms with van der Waals surface area (Å²) in [4.78, 5) is 4.34. The second kappa shape index (κ2) is 5.95. The molecule has 1 aromatic heterocycles. The van der Waals surface area contributed by atoms with Gasteiger partial charge in [-0.2, -0.15) is 0 Å². The third-order valence-electron chi connectivity index (χ3n) is 2.46. The van der Waals surface area contributed by atoms with Gasteiger partial charge in [0.05, 0.1) is 20.8 Å². The van der Waals surface area contributed by atoms with Crippen molar-refractivity contribution in [1.29, 1.82) is 0 Å². The lowest BCUT2D eigenvalue weighted by molar-refractivity contribution is 0.628. The van der Waals surface area contributed by atoms with E-state index in [-0.39, 0.29) is 5.02 Å². The lowest BCUT2D eigenvalue weighted by Crippen LogP contribution is -2.01. The van der Waals surface area contributed by atoms with Crippen molar-refractivity contribution in [3.05, 3.63) is 45.2 Å². The van der Waals surface area contributed by atoms with Gasteiger partial charge in [-0.1, -0.05) is 34.8 Å². The maximum absolute atomic E-state index is 13.1. The second-order valence-corrected chi connectivity index (χ2v) is 5.03. The fourth-order valence-corrected chi connectivity index (χ4v) is 2.41. The minimum absolute atomic E-state index is 0.249. The van der Waals surface area contributed by atoms with E-state index in [1.807, 2.05) is 6.92 Å². The van der Waals surface area contributed by atoms with E-state index in [1.165, 1.54) is 18.2 Å². The average molecular weight is 320 g/mol. The van der Waals surface area contributed by atoms with Gasteiger partial charge in [-0.05, 0) is 31.2 Å². The van der Waals surface area contributed by atoms with Crippen molar-refractivity contribution in [2.75, 3.05) is 11.9 Å². The van der Waals surface area contributed by atoms with Crippen LogP contribution in [0.15, 0.2) is 24.3 Å². The topological polar surface area (TPSA) is 24.9 Å². The van der Waals surface area contributed by atoms with Crippen LogP contribution >= 0.6 is 34.8 Å². The molecule has 19 heavy (non-hydrogen) atoms. The molecule has 0 spiro atoms. The highest BCUT2D eigenvalue weighted by Gasteiger charge is 2.13. The van der Waals surface area contributed by atoms with Crippen molar-refractivity contribution in [3.8, 4) is 11.3 Å². The van der Waals surface area contributed by atoms with Gasteiger partial charge in [0.25, 0.3) is 0 Å². The second-order valence-electron chi connectivity index (χ2n) is 3.80. The molecule has 0 amide bonds. The number of pyridine rings is 1. The standard InChI is InChI=1S/C13H10Cl3FN2/c1-2-18-13-11(16)6-10(15)12(19-13)8-4-3-7(17)5-9(8)14/h3-6H,2H2,1H3,(H,18,19). The van der Waals surface area contributed by atoms with Crippen molar-refractivity contribution in [3.63, 3.8) is 0 Å². The first-order chi connectivity index (χ1) is 9.02. The largest absolute Gasteiger partial charge is 0.369 e. The molecule has 0 fully saturated rings. The zero-order chi connectivity index (χ0) is 14.0. The molecule has 0 aliphatic carbocycles. The lowest BCUT2D eigenvalue weighted by atomic mass is 10.1. The molecule has 2 nitrogen and oxygen atoms in total. The number of nitrogens with one attached hydrogen (secondary N) is 1. The van der Waals surface area contributed by atoms with Gasteiger partial charge in [-0.25, -0.2) is 9.37 Å². The van der Waals surface area contributed by atoms with Crippen LogP contribution in [-0.4, -0.2) is 11.5 Å². The van der Waals surface area contributed by atoms with Crippen molar-refractivity contribution < 1.29 is 4.39 Å². The summed E-state index contributed by atoms with van der Waals surface area (Å²) in [5, 5.41) is 4.06. The van der Waals surface area contributed by atoms with Crippen molar-refractivity contribution >= 4 is 40.6 Å². The molecule has 0 atom stereocenters. The Hall–Kier alpha value is -1.03. The SMILES string of the molecule is CCNc1nc(-c2ccc(F)cc2Cl)c(Cl)cc1Cl. The Morgan fingerprint density at radius 3 is 2.47 bits per heavy atom. The summed E-state index contributed by atoms with van der Waals surface area (Å²) in [5.41, 5.74) is 1.02. The summed E-state index contributed by atoms with van der Waals surface area (Å²) in [7, 11) is 0. The summed E-state index contributed by atoms with van der Waals surface area (Å²) in [6.07, 6.45) is 0. The predicted octanol–water partition coefficient (Wildman–Crippen LogP) is 5.28. The van der Waals surface area contributed by atoms with Gasteiger partial charge < -0.3 is 5.32 Å². The predicted molar refractivity (Wildman–Crippen MR) is 78.8 cm³/mol. The Labute approximate surface area is 125 Å². The molecule has 0 radical (unpaired) electrons. The summed E-state index contributed by atoms with van der Waals surface area (Å²) < 4.78 is 13.1. The smallest absolute Gasteiger partial charge is 0.145 e. The third-order valence-corrected chi connectivity index (χ3v) is 3.35. The van der Waals surface area contributed by atoms with Gasteiger partial charge in [0.1, 0.15) is 11.6 Å². The molecular formula is C13H10Cl3FN2. The first kappa shape index (κ1) is 14.4. The van der Waals surface area contributed by atoms with Crippen LogP contribution in [-0.2, 0) is 0 Å². The lowest BCUT2D eigenvalue weighted by Gasteiger charge is -2.11. The monoisotopic (exact) mass is 318 g/mol. The van der Waals surface area contributed by atoms with E-state index >= 15 is 0 Å². The Kier molecular flexibility index (Phi) is 4.50. The highest BCUT2D eigenvalue weighted by molar-refractivity contribution is 6.38. The normalized spacial score (nSPS) is 10.6. The van der Waals surface area contributed by atoms with Crippen LogP contribution in [0.5, 0.6) is 0 Å². The molecule has 0 aliphatic heterocycles. The number of hydrogen-bond donors (Lipinski definition) is 1. The molecule has 6 heteroatoms. The highest BCUT2D eigenvalue weighted by atomic mass is 35.5. The maximum Gasteiger partial charge on any atom is 0.145 e. The fraction of sp³-hybridized carbons (Fsp3) is 0.154. The van der Waals surface area contributed by atoms with Crippen LogP contribution in [0.4, 0.5) is 10.2 Å². The molecule has 0 saturated carbocycles. The van der Waals surface area contributed by atoms with Crippen LogP contribution in [0.2, 0.25) is 15.1 Å².